The van der Waals surface area contributed by atoms with Crippen molar-refractivity contribution >= 4 is 23.1 Å². The highest BCUT2D eigenvalue weighted by Crippen LogP contribution is 2.08. The lowest BCUT2D eigenvalue weighted by Gasteiger charge is -2.24. The van der Waals surface area contributed by atoms with Crippen molar-refractivity contribution in [3.05, 3.63) is 19.5 Å². The average Bonchev–Trinajstić information content (AvgIpc) is 2.68. The van der Waals surface area contributed by atoms with Crippen LogP contribution < -0.4 is 14.8 Å². The van der Waals surface area contributed by atoms with Crippen LogP contribution in [0.2, 0.25) is 0 Å². The van der Waals surface area contributed by atoms with Gasteiger partial charge in [0.1, 0.15) is 4.53 Å². The van der Waals surface area contributed by atoms with Gasteiger partial charge in [-0.25, -0.2) is 0 Å². The number of hydrogen-bond acceptors (Lipinski definition) is 3. The zero-order valence-corrected chi connectivity index (χ0v) is 12.3. The van der Waals surface area contributed by atoms with Gasteiger partial charge in [-0.2, -0.15) is 0 Å². The van der Waals surface area contributed by atoms with E-state index < -0.39 is 0 Å². The van der Waals surface area contributed by atoms with Gasteiger partial charge in [0, 0.05) is 25.8 Å². The minimum absolute atomic E-state index is 0.171. The lowest BCUT2D eigenvalue weighted by Crippen LogP contribution is -2.34. The van der Waals surface area contributed by atoms with Crippen LogP contribution in [0.25, 0.3) is 11.8 Å². The highest BCUT2D eigenvalue weighted by atomic mass is 32.1. The zero-order valence-electron chi connectivity index (χ0n) is 11.5. The van der Waals surface area contributed by atoms with E-state index in [0.717, 1.165) is 28.8 Å². The van der Waals surface area contributed by atoms with Crippen LogP contribution in [0, 0.1) is 0 Å². The Labute approximate surface area is 112 Å². The molecule has 1 aliphatic heterocycles. The number of thiazole rings is 1. The van der Waals surface area contributed by atoms with Crippen LogP contribution in [0.3, 0.4) is 0 Å². The smallest absolute Gasteiger partial charge is 0.270 e. The largest absolute Gasteiger partial charge is 0.376 e. The van der Waals surface area contributed by atoms with E-state index in [2.05, 4.69) is 24.9 Å². The molecule has 0 atom stereocenters. The SMILES string of the molecule is CCn1c(=C(C)C)s/c(=C\N2CCCCC2)c1=O. The van der Waals surface area contributed by atoms with Crippen molar-refractivity contribution in [1.29, 1.82) is 0 Å². The van der Waals surface area contributed by atoms with Crippen LogP contribution >= 0.6 is 11.3 Å². The number of piperidine rings is 1. The Morgan fingerprint density at radius 2 is 1.94 bits per heavy atom. The Hall–Kier alpha value is -1.03. The molecule has 1 saturated heterocycles. The molecule has 4 heteroatoms. The Morgan fingerprint density at radius 1 is 1.28 bits per heavy atom. The number of aromatic nitrogens is 1. The molecule has 0 spiro atoms. The topological polar surface area (TPSA) is 25.2 Å². The van der Waals surface area contributed by atoms with Gasteiger partial charge in [0.2, 0.25) is 0 Å². The fraction of sp³-hybridized carbons (Fsp3) is 0.643. The van der Waals surface area contributed by atoms with Crippen LogP contribution in [-0.4, -0.2) is 22.6 Å². The van der Waals surface area contributed by atoms with Gasteiger partial charge in [-0.05, 0) is 45.6 Å². The monoisotopic (exact) mass is 266 g/mol. The summed E-state index contributed by atoms with van der Waals surface area (Å²) >= 11 is 1.63. The van der Waals surface area contributed by atoms with Crippen molar-refractivity contribution in [3.8, 4) is 0 Å². The maximum Gasteiger partial charge on any atom is 0.270 e. The minimum Gasteiger partial charge on any atom is -0.376 e. The molecule has 0 amide bonds. The number of rotatable bonds is 2. The first-order chi connectivity index (χ1) is 8.63. The fourth-order valence-corrected chi connectivity index (χ4v) is 3.52. The van der Waals surface area contributed by atoms with Crippen LogP contribution in [0.4, 0.5) is 0 Å². The lowest BCUT2D eigenvalue weighted by molar-refractivity contribution is 0.336. The lowest BCUT2D eigenvalue weighted by atomic mass is 10.1. The zero-order chi connectivity index (χ0) is 13.1. The molecule has 1 aromatic rings. The van der Waals surface area contributed by atoms with Crippen molar-refractivity contribution in [3.63, 3.8) is 0 Å². The molecule has 1 fully saturated rings. The van der Waals surface area contributed by atoms with Crippen molar-refractivity contribution in [1.82, 2.24) is 9.47 Å². The molecule has 0 aliphatic carbocycles. The molecule has 0 aromatic carbocycles. The van der Waals surface area contributed by atoms with Gasteiger partial charge < -0.3 is 4.90 Å². The van der Waals surface area contributed by atoms with Gasteiger partial charge in [0.05, 0.1) is 4.66 Å². The Morgan fingerprint density at radius 3 is 2.44 bits per heavy atom. The van der Waals surface area contributed by atoms with E-state index in [0.29, 0.717) is 0 Å². The Kier molecular flexibility index (Phi) is 4.27. The summed E-state index contributed by atoms with van der Waals surface area (Å²) in [5.74, 6) is 0. The molecule has 100 valence electrons. The highest BCUT2D eigenvalue weighted by molar-refractivity contribution is 7.07. The minimum atomic E-state index is 0.171. The molecule has 0 radical (unpaired) electrons. The van der Waals surface area contributed by atoms with E-state index >= 15 is 0 Å². The number of hydrogen-bond donors (Lipinski definition) is 0. The summed E-state index contributed by atoms with van der Waals surface area (Å²) in [5.41, 5.74) is 1.39. The standard InChI is InChI=1S/C14H22N2OS/c1-4-16-13(17)12(18-14(16)11(2)3)10-15-8-6-5-7-9-15/h10H,4-9H2,1-3H3/b12-10-. The van der Waals surface area contributed by atoms with Gasteiger partial charge in [0.25, 0.3) is 5.56 Å². The third kappa shape index (κ3) is 2.69. The fourth-order valence-electron chi connectivity index (χ4n) is 2.38. The van der Waals surface area contributed by atoms with Gasteiger partial charge >= 0.3 is 0 Å². The molecule has 18 heavy (non-hydrogen) atoms. The normalized spacial score (nSPS) is 17.3. The van der Waals surface area contributed by atoms with Gasteiger partial charge in [-0.3, -0.25) is 9.36 Å². The Balaban J connectivity index is 2.49. The maximum atomic E-state index is 12.3. The van der Waals surface area contributed by atoms with E-state index in [1.807, 2.05) is 11.5 Å². The molecule has 1 aliphatic rings. The van der Waals surface area contributed by atoms with Crippen molar-refractivity contribution < 1.29 is 0 Å². The van der Waals surface area contributed by atoms with E-state index in [4.69, 9.17) is 0 Å². The van der Waals surface area contributed by atoms with Crippen LogP contribution in [0.5, 0.6) is 0 Å². The molecular formula is C14H22N2OS. The highest BCUT2D eigenvalue weighted by Gasteiger charge is 2.08. The average molecular weight is 266 g/mol. The van der Waals surface area contributed by atoms with Gasteiger partial charge in [0.15, 0.2) is 0 Å². The summed E-state index contributed by atoms with van der Waals surface area (Å²) < 4.78 is 3.89. The van der Waals surface area contributed by atoms with E-state index in [-0.39, 0.29) is 5.56 Å². The first kappa shape index (κ1) is 13.4. The second kappa shape index (κ2) is 5.74. The van der Waals surface area contributed by atoms with E-state index in [1.165, 1.54) is 24.8 Å². The number of nitrogens with zero attached hydrogens (tertiary/aromatic N) is 2. The predicted octanol–water partition coefficient (Wildman–Crippen LogP) is 1.34. The van der Waals surface area contributed by atoms with Crippen LogP contribution in [-0.2, 0) is 6.54 Å². The van der Waals surface area contributed by atoms with E-state index in [1.54, 1.807) is 11.3 Å². The number of likely N-dealkylation sites (tertiary alicyclic amines) is 1. The summed E-state index contributed by atoms with van der Waals surface area (Å²) in [6, 6.07) is 0. The van der Waals surface area contributed by atoms with Gasteiger partial charge in [-0.1, -0.05) is 0 Å². The molecule has 0 unspecified atom stereocenters. The molecule has 2 heterocycles. The summed E-state index contributed by atoms with van der Waals surface area (Å²) in [7, 11) is 0. The second-order valence-corrected chi connectivity index (χ2v) is 6.08. The quantitative estimate of drug-likeness (QED) is 0.807. The van der Waals surface area contributed by atoms with Crippen molar-refractivity contribution in [2.45, 2.75) is 46.6 Å². The molecule has 3 nitrogen and oxygen atoms in total. The first-order valence-corrected chi connectivity index (χ1v) is 7.58. The third-order valence-corrected chi connectivity index (χ3v) is 4.66. The summed E-state index contributed by atoms with van der Waals surface area (Å²) in [6.45, 7) is 9.11. The van der Waals surface area contributed by atoms with Crippen LogP contribution in [0.15, 0.2) is 4.79 Å². The second-order valence-electron chi connectivity index (χ2n) is 5.05. The first-order valence-electron chi connectivity index (χ1n) is 6.76. The third-order valence-electron chi connectivity index (χ3n) is 3.34. The van der Waals surface area contributed by atoms with E-state index in [9.17, 15) is 4.79 Å². The molecular weight excluding hydrogens is 244 g/mol. The molecule has 0 bridgehead atoms. The summed E-state index contributed by atoms with van der Waals surface area (Å²) in [6.07, 6.45) is 5.89. The maximum absolute atomic E-state index is 12.3. The Bertz CT molecular complexity index is 572. The predicted molar refractivity (Wildman–Crippen MR) is 78.1 cm³/mol. The van der Waals surface area contributed by atoms with Crippen molar-refractivity contribution in [2.24, 2.45) is 0 Å². The van der Waals surface area contributed by atoms with Crippen molar-refractivity contribution in [2.75, 3.05) is 13.1 Å². The molecule has 0 N–H and O–H groups in total. The molecule has 2 rings (SSSR count). The van der Waals surface area contributed by atoms with Gasteiger partial charge in [-0.15, -0.1) is 11.3 Å². The summed E-state index contributed by atoms with van der Waals surface area (Å²) in [4.78, 5) is 14.6. The molecule has 0 saturated carbocycles. The summed E-state index contributed by atoms with van der Waals surface area (Å²) in [5, 5.41) is 0. The van der Waals surface area contributed by atoms with Crippen LogP contribution in [0.1, 0.15) is 40.0 Å². The molecule has 1 aromatic heterocycles.